The molecule has 1 fully saturated rings. The molecule has 3 heteroatoms. The average Bonchev–Trinajstić information content (AvgIpc) is 2.67. The van der Waals surface area contributed by atoms with Crippen LogP contribution in [0.15, 0.2) is 30.5 Å². The smallest absolute Gasteiger partial charge is 0.0798 e. The van der Waals surface area contributed by atoms with E-state index >= 15 is 0 Å². The van der Waals surface area contributed by atoms with Crippen molar-refractivity contribution in [3.8, 4) is 11.3 Å². The number of aromatic nitrogens is 1. The van der Waals surface area contributed by atoms with E-state index in [-0.39, 0.29) is 31.4 Å². The van der Waals surface area contributed by atoms with Crippen molar-refractivity contribution in [1.29, 1.82) is 0 Å². The summed E-state index contributed by atoms with van der Waals surface area (Å²) in [6.07, 6.45) is 6.16. The van der Waals surface area contributed by atoms with E-state index in [1.807, 2.05) is 18.3 Å². The SMILES string of the molecule is [2H]C([2H])(c1cc(-c2[c-]ccc(C(C)(C)C)c2)ncc1[Si](C)(C)C)C1CCCCC1.[Ir]. The fraction of sp³-hybridized carbons (Fsp3) is 0.560. The van der Waals surface area contributed by atoms with Crippen molar-refractivity contribution in [1.82, 2.24) is 4.98 Å². The minimum Gasteiger partial charge on any atom is -0.305 e. The van der Waals surface area contributed by atoms with Crippen LogP contribution in [0.1, 0.15) is 66.7 Å². The summed E-state index contributed by atoms with van der Waals surface area (Å²) in [6.45, 7) is 13.5. The van der Waals surface area contributed by atoms with Gasteiger partial charge in [0.05, 0.1) is 8.07 Å². The summed E-state index contributed by atoms with van der Waals surface area (Å²) >= 11 is 0. The molecule has 0 unspecified atom stereocenters. The predicted molar refractivity (Wildman–Crippen MR) is 120 cm³/mol. The van der Waals surface area contributed by atoms with Gasteiger partial charge in [-0.1, -0.05) is 84.1 Å². The van der Waals surface area contributed by atoms with Gasteiger partial charge in [0, 0.05) is 29.0 Å². The molecule has 2 aromatic rings. The van der Waals surface area contributed by atoms with E-state index in [0.717, 1.165) is 47.7 Å². The van der Waals surface area contributed by atoms with Gasteiger partial charge in [0.1, 0.15) is 0 Å². The van der Waals surface area contributed by atoms with E-state index in [1.165, 1.54) is 12.0 Å². The Bertz CT molecular complexity index is 862. The molecule has 0 saturated heterocycles. The first-order chi connectivity index (χ1) is 13.4. The van der Waals surface area contributed by atoms with Crippen molar-refractivity contribution in [3.63, 3.8) is 0 Å². The largest absolute Gasteiger partial charge is 0.305 e. The molecule has 0 bridgehead atoms. The van der Waals surface area contributed by atoms with Crippen LogP contribution < -0.4 is 5.19 Å². The summed E-state index contributed by atoms with van der Waals surface area (Å²) in [6, 6.07) is 11.6. The second kappa shape index (κ2) is 9.37. The van der Waals surface area contributed by atoms with Gasteiger partial charge in [-0.3, -0.25) is 0 Å². The van der Waals surface area contributed by atoms with Gasteiger partial charge in [-0.2, -0.15) is 0 Å². The van der Waals surface area contributed by atoms with Crippen LogP contribution in [0, 0.1) is 12.0 Å². The van der Waals surface area contributed by atoms with Gasteiger partial charge < -0.3 is 4.98 Å². The van der Waals surface area contributed by atoms with Crippen LogP contribution in [0.3, 0.4) is 0 Å². The maximum absolute atomic E-state index is 9.13. The number of hydrogen-bond donors (Lipinski definition) is 0. The average molecular weight is 573 g/mol. The Labute approximate surface area is 189 Å². The second-order valence-electron chi connectivity index (χ2n) is 10.1. The minimum absolute atomic E-state index is 0. The number of pyridine rings is 1. The Balaban J connectivity index is 0.00000320. The molecule has 28 heavy (non-hydrogen) atoms. The normalized spacial score (nSPS) is 17.5. The predicted octanol–water partition coefficient (Wildman–Crippen LogP) is 6.51. The van der Waals surface area contributed by atoms with E-state index in [2.05, 4.69) is 58.6 Å². The molecule has 1 aromatic carbocycles. The quantitative estimate of drug-likeness (QED) is 0.301. The molecule has 0 amide bonds. The first kappa shape index (κ1) is 20.5. The van der Waals surface area contributed by atoms with Crippen molar-refractivity contribution in [2.75, 3.05) is 0 Å². The maximum atomic E-state index is 9.13. The summed E-state index contributed by atoms with van der Waals surface area (Å²) in [5.41, 5.74) is 3.98. The van der Waals surface area contributed by atoms with Gasteiger partial charge in [0.2, 0.25) is 0 Å². The molecule has 0 spiro atoms. The van der Waals surface area contributed by atoms with Gasteiger partial charge in [-0.25, -0.2) is 0 Å². The summed E-state index contributed by atoms with van der Waals surface area (Å²) < 4.78 is 18.3. The van der Waals surface area contributed by atoms with Gasteiger partial charge >= 0.3 is 0 Å². The molecule has 0 N–H and O–H groups in total. The molecule has 1 aromatic heterocycles. The van der Waals surface area contributed by atoms with E-state index in [4.69, 9.17) is 7.73 Å². The minimum atomic E-state index is -1.73. The molecule has 155 valence electrons. The van der Waals surface area contributed by atoms with Crippen molar-refractivity contribution in [2.45, 2.75) is 84.3 Å². The van der Waals surface area contributed by atoms with Gasteiger partial charge in [-0.15, -0.1) is 35.4 Å². The Morgan fingerprint density at radius 1 is 1.14 bits per heavy atom. The van der Waals surface area contributed by atoms with Gasteiger partial charge in [0.15, 0.2) is 0 Å². The van der Waals surface area contributed by atoms with Crippen LogP contribution in [-0.4, -0.2) is 13.1 Å². The Kier molecular flexibility index (Phi) is 6.86. The Hall–Kier alpha value is -0.764. The number of benzene rings is 1. The third kappa shape index (κ3) is 5.87. The van der Waals surface area contributed by atoms with Crippen LogP contribution >= 0.6 is 0 Å². The second-order valence-corrected chi connectivity index (χ2v) is 15.1. The molecule has 1 radical (unpaired) electrons. The van der Waals surface area contributed by atoms with Gasteiger partial charge in [-0.05, 0) is 28.6 Å². The fourth-order valence-corrected chi connectivity index (χ4v) is 5.27. The van der Waals surface area contributed by atoms with Crippen LogP contribution in [0.5, 0.6) is 0 Å². The van der Waals surface area contributed by atoms with Crippen LogP contribution in [0.2, 0.25) is 19.6 Å². The topological polar surface area (TPSA) is 12.9 Å². The zero-order chi connectivity index (χ0) is 21.4. The summed E-state index contributed by atoms with van der Waals surface area (Å²) in [5.74, 6) is 0.103. The Morgan fingerprint density at radius 3 is 2.43 bits per heavy atom. The molecule has 1 nitrogen and oxygen atoms in total. The molecule has 0 atom stereocenters. The molecular formula is C25H36IrNSi-. The van der Waals surface area contributed by atoms with E-state index in [9.17, 15) is 0 Å². The zero-order valence-corrected chi connectivity index (χ0v) is 21.7. The van der Waals surface area contributed by atoms with Crippen molar-refractivity contribution in [3.05, 3.63) is 47.7 Å². The standard InChI is InChI=1S/C25H36NSi.Ir/c1-25(2,3)22-14-10-13-20(16-22)23-17-21(15-19-11-8-7-9-12-19)24(18-26-23)27(4,5)6;/h10,14,16-19H,7-9,11-12,15H2,1-6H3;/q-1;/i15D2;. The number of hydrogen-bond acceptors (Lipinski definition) is 1. The molecule has 1 aliphatic carbocycles. The molecular weight excluding hydrogens is 535 g/mol. The summed E-state index contributed by atoms with van der Waals surface area (Å²) in [7, 11) is -1.73. The Morgan fingerprint density at radius 2 is 1.82 bits per heavy atom. The van der Waals surface area contributed by atoms with Crippen molar-refractivity contribution in [2.24, 2.45) is 5.92 Å². The van der Waals surface area contributed by atoms with E-state index in [0.29, 0.717) is 0 Å². The fourth-order valence-electron chi connectivity index (χ4n) is 3.87. The van der Waals surface area contributed by atoms with Crippen LogP contribution in [0.4, 0.5) is 0 Å². The third-order valence-electron chi connectivity index (χ3n) is 5.62. The first-order valence-electron chi connectivity index (χ1n) is 11.4. The summed E-state index contributed by atoms with van der Waals surface area (Å²) in [5, 5.41) is 1.16. The molecule has 1 aliphatic rings. The van der Waals surface area contributed by atoms with Crippen molar-refractivity contribution >= 4 is 13.3 Å². The monoisotopic (exact) mass is 573 g/mol. The van der Waals surface area contributed by atoms with Crippen LogP contribution in [-0.2, 0) is 31.9 Å². The summed E-state index contributed by atoms with van der Waals surface area (Å²) in [4.78, 5) is 4.79. The number of rotatable bonds is 4. The van der Waals surface area contributed by atoms with E-state index < -0.39 is 14.4 Å². The maximum Gasteiger partial charge on any atom is 0.0798 e. The van der Waals surface area contributed by atoms with Crippen molar-refractivity contribution < 1.29 is 22.8 Å². The van der Waals surface area contributed by atoms with Crippen LogP contribution in [0.25, 0.3) is 11.3 Å². The van der Waals surface area contributed by atoms with Gasteiger partial charge in [0.25, 0.3) is 0 Å². The van der Waals surface area contributed by atoms with E-state index in [1.54, 1.807) is 0 Å². The molecule has 0 aliphatic heterocycles. The number of nitrogens with zero attached hydrogens (tertiary/aromatic N) is 1. The third-order valence-corrected chi connectivity index (χ3v) is 7.63. The zero-order valence-electron chi connectivity index (χ0n) is 20.3. The molecule has 3 rings (SSSR count). The molecule has 1 saturated carbocycles. The first-order valence-corrected chi connectivity index (χ1v) is 13.9. The molecule has 1 heterocycles.